The van der Waals surface area contributed by atoms with Gasteiger partial charge in [-0.3, -0.25) is 9.69 Å². The highest BCUT2D eigenvalue weighted by molar-refractivity contribution is 7.99. The third-order valence-corrected chi connectivity index (χ3v) is 4.73. The summed E-state index contributed by atoms with van der Waals surface area (Å²) < 4.78 is 5.75. The second kappa shape index (κ2) is 9.96. The lowest BCUT2D eigenvalue weighted by Gasteiger charge is -2.33. The summed E-state index contributed by atoms with van der Waals surface area (Å²) in [6, 6.07) is 10.2. The van der Waals surface area contributed by atoms with Gasteiger partial charge < -0.3 is 10.1 Å². The zero-order chi connectivity index (χ0) is 16.5. The van der Waals surface area contributed by atoms with Crippen LogP contribution in [0.5, 0.6) is 0 Å². The number of benzene rings is 1. The normalized spacial score (nSPS) is 19.0. The maximum absolute atomic E-state index is 11.9. The highest BCUT2D eigenvalue weighted by atomic mass is 32.2. The van der Waals surface area contributed by atoms with Gasteiger partial charge in [0, 0.05) is 43.2 Å². The Kier molecular flexibility index (Phi) is 7.92. The summed E-state index contributed by atoms with van der Waals surface area (Å²) >= 11 is 1.72. The number of amides is 1. The van der Waals surface area contributed by atoms with Crippen molar-refractivity contribution in [1.29, 1.82) is 0 Å². The molecule has 1 fully saturated rings. The van der Waals surface area contributed by atoms with Crippen molar-refractivity contribution in [1.82, 2.24) is 10.2 Å². The van der Waals surface area contributed by atoms with E-state index in [0.717, 1.165) is 32.0 Å². The Morgan fingerprint density at radius 2 is 2.17 bits per heavy atom. The summed E-state index contributed by atoms with van der Waals surface area (Å²) in [7, 11) is 0. The van der Waals surface area contributed by atoms with Gasteiger partial charge >= 0.3 is 0 Å². The molecule has 23 heavy (non-hydrogen) atoms. The Labute approximate surface area is 144 Å². The van der Waals surface area contributed by atoms with E-state index < -0.39 is 0 Å². The van der Waals surface area contributed by atoms with Gasteiger partial charge in [0.25, 0.3) is 0 Å². The van der Waals surface area contributed by atoms with Crippen molar-refractivity contribution in [2.45, 2.75) is 31.3 Å². The van der Waals surface area contributed by atoms with Crippen molar-refractivity contribution in [3.05, 3.63) is 30.3 Å². The first-order valence-corrected chi connectivity index (χ1v) is 9.40. The molecule has 1 aliphatic heterocycles. The van der Waals surface area contributed by atoms with Crippen molar-refractivity contribution in [3.63, 3.8) is 0 Å². The van der Waals surface area contributed by atoms with Gasteiger partial charge in [-0.25, -0.2) is 0 Å². The first-order valence-electron chi connectivity index (χ1n) is 8.42. The lowest BCUT2D eigenvalue weighted by atomic mass is 10.2. The van der Waals surface area contributed by atoms with E-state index in [9.17, 15) is 4.79 Å². The molecule has 1 aromatic carbocycles. The van der Waals surface area contributed by atoms with E-state index in [0.29, 0.717) is 18.9 Å². The molecule has 1 amide bonds. The summed E-state index contributed by atoms with van der Waals surface area (Å²) in [5.74, 6) is 1.58. The summed E-state index contributed by atoms with van der Waals surface area (Å²) in [4.78, 5) is 15.6. The summed E-state index contributed by atoms with van der Waals surface area (Å²) in [6.07, 6.45) is 0.662. The molecule has 0 aromatic heterocycles. The first-order chi connectivity index (χ1) is 11.1. The fourth-order valence-electron chi connectivity index (χ4n) is 2.68. The maximum Gasteiger partial charge on any atom is 0.220 e. The van der Waals surface area contributed by atoms with Gasteiger partial charge in [0.1, 0.15) is 0 Å². The number of thioether (sulfide) groups is 1. The number of rotatable bonds is 8. The molecule has 4 nitrogen and oxygen atoms in total. The van der Waals surface area contributed by atoms with E-state index in [4.69, 9.17) is 4.74 Å². The highest BCUT2D eigenvalue weighted by Gasteiger charge is 2.21. The van der Waals surface area contributed by atoms with Crippen LogP contribution in [0.2, 0.25) is 0 Å². The van der Waals surface area contributed by atoms with E-state index >= 15 is 0 Å². The number of nitrogens with zero attached hydrogens (tertiary/aromatic N) is 1. The zero-order valence-corrected chi connectivity index (χ0v) is 15.0. The number of ether oxygens (including phenoxy) is 1. The molecule has 1 heterocycles. The van der Waals surface area contributed by atoms with Gasteiger partial charge in [-0.05, 0) is 18.1 Å². The van der Waals surface area contributed by atoms with Crippen LogP contribution < -0.4 is 5.32 Å². The second-order valence-electron chi connectivity index (χ2n) is 6.36. The molecule has 128 valence electrons. The number of nitrogens with one attached hydrogen (secondary N) is 1. The number of hydrogen-bond donors (Lipinski definition) is 1. The first kappa shape index (κ1) is 18.3. The van der Waals surface area contributed by atoms with Gasteiger partial charge in [-0.15, -0.1) is 11.8 Å². The molecule has 0 bridgehead atoms. The molecule has 1 unspecified atom stereocenters. The summed E-state index contributed by atoms with van der Waals surface area (Å²) in [6.45, 7) is 8.85. The van der Waals surface area contributed by atoms with Crippen molar-refractivity contribution >= 4 is 17.7 Å². The van der Waals surface area contributed by atoms with Crippen LogP contribution in [0.15, 0.2) is 35.2 Å². The van der Waals surface area contributed by atoms with Crippen LogP contribution in [0.1, 0.15) is 20.3 Å². The largest absolute Gasteiger partial charge is 0.374 e. The van der Waals surface area contributed by atoms with Crippen molar-refractivity contribution < 1.29 is 9.53 Å². The fraction of sp³-hybridized carbons (Fsp3) is 0.611. The van der Waals surface area contributed by atoms with Gasteiger partial charge in [0.15, 0.2) is 0 Å². The Morgan fingerprint density at radius 3 is 2.91 bits per heavy atom. The molecule has 2 rings (SSSR count). The third kappa shape index (κ3) is 7.38. The minimum Gasteiger partial charge on any atom is -0.374 e. The molecule has 1 saturated heterocycles. The second-order valence-corrected chi connectivity index (χ2v) is 7.53. The molecule has 1 aliphatic rings. The van der Waals surface area contributed by atoms with Crippen LogP contribution in [0.4, 0.5) is 0 Å². The van der Waals surface area contributed by atoms with Gasteiger partial charge in [0.05, 0.1) is 12.7 Å². The van der Waals surface area contributed by atoms with Crippen LogP contribution in [0.25, 0.3) is 0 Å². The van der Waals surface area contributed by atoms with Crippen LogP contribution in [-0.2, 0) is 9.53 Å². The van der Waals surface area contributed by atoms with E-state index in [-0.39, 0.29) is 12.0 Å². The number of hydrogen-bond acceptors (Lipinski definition) is 4. The number of morpholine rings is 1. The van der Waals surface area contributed by atoms with Gasteiger partial charge in [0.2, 0.25) is 5.91 Å². The standard InChI is InChI=1S/C18H28N2O2S/c1-15(2)13-20-9-10-22-16(14-20)12-19-18(21)8-11-23-17-6-4-3-5-7-17/h3-7,15-16H,8-14H2,1-2H3,(H,19,21). The Hall–Kier alpha value is -1.04. The molecule has 0 aliphatic carbocycles. The lowest BCUT2D eigenvalue weighted by molar-refractivity contribution is -0.121. The minimum absolute atomic E-state index is 0.109. The average Bonchev–Trinajstić information content (AvgIpc) is 2.54. The van der Waals surface area contributed by atoms with Crippen molar-refractivity contribution in [3.8, 4) is 0 Å². The molecule has 1 atom stereocenters. The topological polar surface area (TPSA) is 41.6 Å². The monoisotopic (exact) mass is 336 g/mol. The van der Waals surface area contributed by atoms with Crippen LogP contribution in [0.3, 0.4) is 0 Å². The van der Waals surface area contributed by atoms with E-state index in [1.165, 1.54) is 4.90 Å². The fourth-order valence-corrected chi connectivity index (χ4v) is 3.55. The Balaban J connectivity index is 1.60. The smallest absolute Gasteiger partial charge is 0.220 e. The number of carbonyl (C=O) groups excluding carboxylic acids is 1. The predicted molar refractivity (Wildman–Crippen MR) is 95.8 cm³/mol. The molecule has 0 radical (unpaired) electrons. The molecule has 1 N–H and O–H groups in total. The quantitative estimate of drug-likeness (QED) is 0.741. The molecular weight excluding hydrogens is 308 g/mol. The Bertz CT molecular complexity index is 467. The SMILES string of the molecule is CC(C)CN1CCOC(CNC(=O)CCSc2ccccc2)C1. The van der Waals surface area contributed by atoms with Crippen molar-refractivity contribution in [2.75, 3.05) is 38.5 Å². The zero-order valence-electron chi connectivity index (χ0n) is 14.2. The number of carbonyl (C=O) groups is 1. The highest BCUT2D eigenvalue weighted by Crippen LogP contribution is 2.17. The lowest BCUT2D eigenvalue weighted by Crippen LogP contribution is -2.48. The van der Waals surface area contributed by atoms with Crippen LogP contribution in [-0.4, -0.2) is 55.4 Å². The predicted octanol–water partition coefficient (Wildman–Crippen LogP) is 2.64. The van der Waals surface area contributed by atoms with Crippen LogP contribution >= 0.6 is 11.8 Å². The molecular formula is C18H28N2O2S. The van der Waals surface area contributed by atoms with Gasteiger partial charge in [-0.2, -0.15) is 0 Å². The van der Waals surface area contributed by atoms with E-state index in [1.54, 1.807) is 11.8 Å². The maximum atomic E-state index is 11.9. The molecule has 5 heteroatoms. The van der Waals surface area contributed by atoms with Crippen LogP contribution in [0, 0.1) is 5.92 Å². The minimum atomic E-state index is 0.109. The molecule has 0 spiro atoms. The van der Waals surface area contributed by atoms with E-state index in [2.05, 4.69) is 36.2 Å². The summed E-state index contributed by atoms with van der Waals surface area (Å²) in [5.41, 5.74) is 0. The van der Waals surface area contributed by atoms with E-state index in [1.807, 2.05) is 18.2 Å². The van der Waals surface area contributed by atoms with Gasteiger partial charge in [-0.1, -0.05) is 32.0 Å². The average molecular weight is 337 g/mol. The third-order valence-electron chi connectivity index (χ3n) is 3.71. The van der Waals surface area contributed by atoms with Crippen molar-refractivity contribution in [2.24, 2.45) is 5.92 Å². The molecule has 0 saturated carbocycles. The molecule has 1 aromatic rings. The Morgan fingerprint density at radius 1 is 1.39 bits per heavy atom. The summed E-state index contributed by atoms with van der Waals surface area (Å²) in [5, 5.41) is 3.01.